The number of ketones is 1. The van der Waals surface area contributed by atoms with Crippen molar-refractivity contribution < 1.29 is 63.5 Å². The molecule has 8 unspecified atom stereocenters. The number of hydrogen-bond acceptors (Lipinski definition) is 14. The Morgan fingerprint density at radius 2 is 1.50 bits per heavy atom. The first kappa shape index (κ1) is 43.1. The number of rotatable bonds is 7. The van der Waals surface area contributed by atoms with Crippen LogP contribution in [0.5, 0.6) is 0 Å². The third-order valence-corrected chi connectivity index (χ3v) is 11.5. The first-order chi connectivity index (χ1) is 23.0. The summed E-state index contributed by atoms with van der Waals surface area (Å²) in [6.45, 7) is 14.5. The summed E-state index contributed by atoms with van der Waals surface area (Å²) in [7, 11) is 5.17. The van der Waals surface area contributed by atoms with Crippen LogP contribution in [0.1, 0.15) is 94.4 Å². The predicted octanol–water partition coefficient (Wildman–Crippen LogP) is 1.54. The molecule has 3 heterocycles. The number of carbonyl (C=O) groups is 2. The molecule has 3 aliphatic heterocycles. The van der Waals surface area contributed by atoms with Crippen LogP contribution >= 0.6 is 0 Å². The second-order valence-corrected chi connectivity index (χ2v) is 16.0. The molecular weight excluding hydrogens is 654 g/mol. The summed E-state index contributed by atoms with van der Waals surface area (Å²) in [5.41, 5.74) is -4.79. The molecule has 0 aromatic carbocycles. The molecule has 0 radical (unpaired) electrons. The number of nitrogens with zero attached hydrogens (tertiary/aromatic N) is 1. The molecule has 0 bridgehead atoms. The van der Waals surface area contributed by atoms with Crippen molar-refractivity contribution in [3.63, 3.8) is 0 Å². The van der Waals surface area contributed by atoms with Crippen molar-refractivity contribution in [1.29, 1.82) is 0 Å². The quantitative estimate of drug-likeness (QED) is 0.238. The van der Waals surface area contributed by atoms with Crippen molar-refractivity contribution >= 4 is 11.8 Å². The van der Waals surface area contributed by atoms with Crippen LogP contribution in [0.4, 0.5) is 0 Å². The van der Waals surface area contributed by atoms with Gasteiger partial charge >= 0.3 is 5.97 Å². The Morgan fingerprint density at radius 3 is 2.06 bits per heavy atom. The molecule has 5 N–H and O–H groups in total. The summed E-state index contributed by atoms with van der Waals surface area (Å²) < 4.78 is 36.7. The van der Waals surface area contributed by atoms with E-state index in [4.69, 9.17) is 28.4 Å². The first-order valence-electron chi connectivity index (χ1n) is 18.1. The fraction of sp³-hybridized carbons (Fsp3) is 0.944. The smallest absolute Gasteiger partial charge is 0.311 e. The fourth-order valence-electron chi connectivity index (χ4n) is 7.82. The van der Waals surface area contributed by atoms with Gasteiger partial charge in [0.25, 0.3) is 0 Å². The minimum absolute atomic E-state index is 0.101. The van der Waals surface area contributed by atoms with Crippen molar-refractivity contribution in [2.24, 2.45) is 17.8 Å². The molecule has 0 spiro atoms. The summed E-state index contributed by atoms with van der Waals surface area (Å²) in [4.78, 5) is 29.5. The number of hydrogen-bond donors (Lipinski definition) is 5. The zero-order chi connectivity index (χ0) is 38.1. The number of cyclic esters (lactones) is 1. The highest BCUT2D eigenvalue weighted by Gasteiger charge is 2.51. The molecule has 3 rings (SSSR count). The van der Waals surface area contributed by atoms with E-state index in [1.165, 1.54) is 27.9 Å². The third-order valence-electron chi connectivity index (χ3n) is 11.5. The van der Waals surface area contributed by atoms with Crippen LogP contribution in [-0.4, -0.2) is 148 Å². The molecule has 3 fully saturated rings. The lowest BCUT2D eigenvalue weighted by atomic mass is 9.76. The topological polar surface area (TPSA) is 194 Å². The Morgan fingerprint density at radius 1 is 0.880 bits per heavy atom. The van der Waals surface area contributed by atoms with E-state index >= 15 is 0 Å². The van der Waals surface area contributed by atoms with E-state index in [0.717, 1.165) is 0 Å². The second kappa shape index (κ2) is 16.8. The van der Waals surface area contributed by atoms with E-state index in [9.17, 15) is 35.1 Å². The van der Waals surface area contributed by atoms with Crippen LogP contribution in [0.3, 0.4) is 0 Å². The Bertz CT molecular complexity index is 1140. The predicted molar refractivity (Wildman–Crippen MR) is 182 cm³/mol. The van der Waals surface area contributed by atoms with Crippen LogP contribution in [0.25, 0.3) is 0 Å². The Labute approximate surface area is 297 Å². The molecule has 0 amide bonds. The van der Waals surface area contributed by atoms with Crippen LogP contribution in [0.15, 0.2) is 0 Å². The highest BCUT2D eigenvalue weighted by atomic mass is 16.7. The monoisotopic (exact) mass is 719 g/mol. The summed E-state index contributed by atoms with van der Waals surface area (Å²) >= 11 is 0. The van der Waals surface area contributed by atoms with E-state index in [1.54, 1.807) is 34.6 Å². The van der Waals surface area contributed by atoms with Gasteiger partial charge in [-0.2, -0.15) is 0 Å². The van der Waals surface area contributed by atoms with Crippen molar-refractivity contribution in [3.8, 4) is 0 Å². The average molecular weight is 720 g/mol. The van der Waals surface area contributed by atoms with Gasteiger partial charge in [0.15, 0.2) is 12.6 Å². The zero-order valence-electron chi connectivity index (χ0n) is 32.1. The number of ether oxygens (including phenoxy) is 6. The Hall–Kier alpha value is -1.30. The lowest BCUT2D eigenvalue weighted by Crippen LogP contribution is -2.59. The largest absolute Gasteiger partial charge is 0.459 e. The lowest BCUT2D eigenvalue weighted by molar-refractivity contribution is -0.308. The number of esters is 1. The van der Waals surface area contributed by atoms with Crippen molar-refractivity contribution in [1.82, 2.24) is 4.90 Å². The van der Waals surface area contributed by atoms with E-state index in [0.29, 0.717) is 6.42 Å². The molecule has 3 saturated heterocycles. The molecule has 0 aromatic heterocycles. The van der Waals surface area contributed by atoms with Gasteiger partial charge in [0.2, 0.25) is 0 Å². The Kier molecular flexibility index (Phi) is 14.5. The molecule has 14 nitrogen and oxygen atoms in total. The summed E-state index contributed by atoms with van der Waals surface area (Å²) in [5.74, 6) is -4.08. The van der Waals surface area contributed by atoms with Crippen LogP contribution < -0.4 is 0 Å². The summed E-state index contributed by atoms with van der Waals surface area (Å²) in [6.07, 6.45) is -9.67. The van der Waals surface area contributed by atoms with E-state index in [2.05, 4.69) is 0 Å². The number of methoxy groups -OCH3 is 1. The van der Waals surface area contributed by atoms with Gasteiger partial charge in [0.05, 0.1) is 47.6 Å². The number of aliphatic hydroxyl groups is 5. The standard InChI is InChI=1S/C36H65NO13/c1-13-25-36(9,44)30(40)21(5)28(38)18(2)16-34(7,43)26(50-33-29(39)23(37(10)11)14-19(3)46-33)15-24(20(4)32(42)49-25)48-27-17-35(8,45-12)31(41)22(6)47-27/h18-27,29-31,33,39-41,43-44H,13-17H2,1-12H3/t18-,19?,20-,21+,22?,23?,24+,25-,26-,27?,29?,30-,31?,33?,34-,35?,36-/m1/s1. The van der Waals surface area contributed by atoms with Crippen molar-refractivity contribution in [3.05, 3.63) is 0 Å². The minimum Gasteiger partial charge on any atom is -0.459 e. The minimum atomic E-state index is -1.99. The molecule has 3 aliphatic rings. The van der Waals surface area contributed by atoms with E-state index < -0.39 is 102 Å². The van der Waals surface area contributed by atoms with E-state index in [1.807, 2.05) is 25.9 Å². The first-order valence-corrected chi connectivity index (χ1v) is 18.1. The molecule has 14 heteroatoms. The molecule has 17 atom stereocenters. The lowest BCUT2D eigenvalue weighted by Gasteiger charge is -2.47. The summed E-state index contributed by atoms with van der Waals surface area (Å²) in [6, 6.07) is -0.315. The maximum Gasteiger partial charge on any atom is 0.311 e. The average Bonchev–Trinajstić information content (AvgIpc) is 3.04. The van der Waals surface area contributed by atoms with Gasteiger partial charge < -0.3 is 58.9 Å². The number of aliphatic hydroxyl groups excluding tert-OH is 3. The summed E-state index contributed by atoms with van der Waals surface area (Å²) in [5, 5.41) is 57.2. The molecule has 292 valence electrons. The Balaban J connectivity index is 2.12. The normalized spacial score (nSPS) is 49.0. The fourth-order valence-corrected chi connectivity index (χ4v) is 7.82. The second-order valence-electron chi connectivity index (χ2n) is 16.0. The van der Waals surface area contributed by atoms with E-state index in [-0.39, 0.29) is 37.8 Å². The van der Waals surface area contributed by atoms with Crippen molar-refractivity contribution in [2.45, 2.75) is 179 Å². The van der Waals surface area contributed by atoms with Gasteiger partial charge in [0, 0.05) is 37.8 Å². The van der Waals surface area contributed by atoms with Gasteiger partial charge in [-0.15, -0.1) is 0 Å². The molecule has 0 aliphatic carbocycles. The molecule has 0 aromatic rings. The van der Waals surface area contributed by atoms with Gasteiger partial charge in [-0.25, -0.2) is 0 Å². The van der Waals surface area contributed by atoms with Gasteiger partial charge in [0.1, 0.15) is 29.7 Å². The van der Waals surface area contributed by atoms with Gasteiger partial charge in [-0.3, -0.25) is 9.59 Å². The number of Topliss-reactive ketones (excluding diaryl/α,β-unsaturated/α-hetero) is 1. The number of carbonyl (C=O) groups excluding carboxylic acids is 2. The van der Waals surface area contributed by atoms with Gasteiger partial charge in [-0.05, 0) is 74.9 Å². The van der Waals surface area contributed by atoms with Crippen LogP contribution in [0.2, 0.25) is 0 Å². The SMILES string of the molecule is CC[C@H]1OC(=O)[C@H](C)[C@@H](OC2CC(C)(OC)C(O)C(C)O2)C[C@@H](OC2OC(C)CC(N(C)C)C2O)[C@](C)(O)C[C@@H](C)C(=O)[C@H](C)[C@@H](O)[C@]1(C)O. The zero-order valence-corrected chi connectivity index (χ0v) is 32.1. The maximum atomic E-state index is 13.9. The highest BCUT2D eigenvalue weighted by molar-refractivity contribution is 5.83. The number of likely N-dealkylation sites (N-methyl/N-ethyl adjacent to an activating group) is 1. The van der Waals surface area contributed by atoms with Crippen molar-refractivity contribution in [2.75, 3.05) is 21.2 Å². The molecule has 50 heavy (non-hydrogen) atoms. The van der Waals surface area contributed by atoms with Crippen LogP contribution in [-0.2, 0) is 38.0 Å². The van der Waals surface area contributed by atoms with Gasteiger partial charge in [-0.1, -0.05) is 20.8 Å². The molecular formula is C36H65NO13. The molecule has 0 saturated carbocycles. The highest BCUT2D eigenvalue weighted by Crippen LogP contribution is 2.38. The maximum absolute atomic E-state index is 13.9. The third kappa shape index (κ3) is 9.43. The van der Waals surface area contributed by atoms with Crippen LogP contribution in [0, 0.1) is 17.8 Å².